The van der Waals surface area contributed by atoms with Crippen LogP contribution in [0.25, 0.3) is 16.6 Å². The maximum Gasteiger partial charge on any atom is 0.157 e. The molecule has 0 bridgehead atoms. The van der Waals surface area contributed by atoms with Gasteiger partial charge in [-0.1, -0.05) is 29.8 Å². The number of aryl methyl sites for hydroxylation is 1. The molecule has 0 saturated carbocycles. The molecule has 138 valence electrons. The van der Waals surface area contributed by atoms with Crippen molar-refractivity contribution in [1.82, 2.24) is 14.4 Å². The van der Waals surface area contributed by atoms with Gasteiger partial charge >= 0.3 is 0 Å². The van der Waals surface area contributed by atoms with Gasteiger partial charge in [0, 0.05) is 13.0 Å². The van der Waals surface area contributed by atoms with Gasteiger partial charge in [0.2, 0.25) is 0 Å². The molecule has 0 fully saturated rings. The van der Waals surface area contributed by atoms with Crippen molar-refractivity contribution in [3.63, 3.8) is 0 Å². The first kappa shape index (κ1) is 17.6. The monoisotopic (exact) mass is 382 g/mol. The number of benzene rings is 2. The van der Waals surface area contributed by atoms with Crippen molar-refractivity contribution in [2.45, 2.75) is 13.3 Å². The van der Waals surface area contributed by atoms with Gasteiger partial charge in [-0.3, -0.25) is 4.40 Å². The number of aliphatic hydroxyl groups is 1. The van der Waals surface area contributed by atoms with Crippen LogP contribution in [0.1, 0.15) is 12.0 Å². The van der Waals surface area contributed by atoms with E-state index in [4.69, 9.17) is 26.4 Å². The molecular formula is C20H19ClN4O2. The smallest absolute Gasteiger partial charge is 0.157 e. The van der Waals surface area contributed by atoms with E-state index < -0.39 is 0 Å². The second-order valence-corrected chi connectivity index (χ2v) is 6.62. The maximum absolute atomic E-state index is 8.99. The van der Waals surface area contributed by atoms with E-state index in [1.54, 1.807) is 12.5 Å². The summed E-state index contributed by atoms with van der Waals surface area (Å²) in [6.45, 7) is 2.52. The molecule has 4 rings (SSSR count). The Morgan fingerprint density at radius 1 is 1.22 bits per heavy atom. The first-order valence-electron chi connectivity index (χ1n) is 8.69. The molecule has 0 aliphatic carbocycles. The van der Waals surface area contributed by atoms with Gasteiger partial charge in [0.1, 0.15) is 16.8 Å². The van der Waals surface area contributed by atoms with E-state index >= 15 is 0 Å². The highest BCUT2D eigenvalue weighted by molar-refractivity contribution is 6.33. The molecule has 2 heterocycles. The highest BCUT2D eigenvalue weighted by Gasteiger charge is 2.14. The van der Waals surface area contributed by atoms with Crippen LogP contribution in [0.2, 0.25) is 5.02 Å². The number of nitrogens with zero attached hydrogens (tertiary/aromatic N) is 3. The predicted octanol–water partition coefficient (Wildman–Crippen LogP) is 4.35. The van der Waals surface area contributed by atoms with Gasteiger partial charge in [-0.05, 0) is 30.7 Å². The Morgan fingerprint density at radius 2 is 2.07 bits per heavy atom. The SMILES string of the molecule is Cc1cccc(Cl)c1Nc1nc2cccc(OCCCO)c2n2cncc12. The van der Waals surface area contributed by atoms with Crippen LogP contribution in [0.5, 0.6) is 5.75 Å². The van der Waals surface area contributed by atoms with Crippen LogP contribution in [-0.4, -0.2) is 32.7 Å². The van der Waals surface area contributed by atoms with E-state index in [2.05, 4.69) is 10.3 Å². The summed E-state index contributed by atoms with van der Waals surface area (Å²) < 4.78 is 7.79. The van der Waals surface area contributed by atoms with E-state index in [1.165, 1.54) is 0 Å². The van der Waals surface area contributed by atoms with E-state index in [9.17, 15) is 0 Å². The number of halogens is 1. The van der Waals surface area contributed by atoms with Crippen molar-refractivity contribution in [3.05, 3.63) is 59.5 Å². The second-order valence-electron chi connectivity index (χ2n) is 6.22. The summed E-state index contributed by atoms with van der Waals surface area (Å²) >= 11 is 6.37. The van der Waals surface area contributed by atoms with Crippen LogP contribution in [-0.2, 0) is 0 Å². The fraction of sp³-hybridized carbons (Fsp3) is 0.200. The van der Waals surface area contributed by atoms with Crippen LogP contribution < -0.4 is 10.1 Å². The lowest BCUT2D eigenvalue weighted by molar-refractivity contribution is 0.234. The third-order valence-electron chi connectivity index (χ3n) is 4.36. The number of fused-ring (bicyclic) bond motifs is 3. The van der Waals surface area contributed by atoms with E-state index in [-0.39, 0.29) is 6.61 Å². The number of imidazole rings is 1. The van der Waals surface area contributed by atoms with Crippen molar-refractivity contribution in [3.8, 4) is 5.75 Å². The van der Waals surface area contributed by atoms with E-state index in [0.717, 1.165) is 27.8 Å². The number of para-hydroxylation sites is 2. The lowest BCUT2D eigenvalue weighted by atomic mass is 10.2. The number of nitrogens with one attached hydrogen (secondary N) is 1. The van der Waals surface area contributed by atoms with E-state index in [0.29, 0.717) is 29.6 Å². The van der Waals surface area contributed by atoms with Gasteiger partial charge < -0.3 is 15.2 Å². The van der Waals surface area contributed by atoms with Crippen LogP contribution in [0.4, 0.5) is 11.5 Å². The topological polar surface area (TPSA) is 71.7 Å². The number of rotatable bonds is 6. The zero-order valence-corrected chi connectivity index (χ0v) is 15.6. The van der Waals surface area contributed by atoms with Crippen LogP contribution in [0.15, 0.2) is 48.9 Å². The Balaban J connectivity index is 1.84. The van der Waals surface area contributed by atoms with Crippen molar-refractivity contribution >= 4 is 39.7 Å². The summed E-state index contributed by atoms with van der Waals surface area (Å²) in [5.74, 6) is 1.38. The van der Waals surface area contributed by atoms with Crippen LogP contribution in [0, 0.1) is 6.92 Å². The fourth-order valence-corrected chi connectivity index (χ4v) is 3.30. The average Bonchev–Trinajstić information content (AvgIpc) is 3.15. The largest absolute Gasteiger partial charge is 0.491 e. The molecule has 2 N–H and O–H groups in total. The van der Waals surface area contributed by atoms with Crippen molar-refractivity contribution < 1.29 is 9.84 Å². The summed E-state index contributed by atoms with van der Waals surface area (Å²) in [6, 6.07) is 11.5. The second kappa shape index (κ2) is 7.42. The van der Waals surface area contributed by atoms with Gasteiger partial charge in [-0.15, -0.1) is 0 Å². The minimum atomic E-state index is 0.0920. The van der Waals surface area contributed by atoms with Crippen LogP contribution >= 0.6 is 11.6 Å². The molecule has 4 aromatic rings. The summed E-state index contributed by atoms with van der Waals surface area (Å²) in [7, 11) is 0. The average molecular weight is 383 g/mol. The Morgan fingerprint density at radius 3 is 2.89 bits per heavy atom. The normalized spacial score (nSPS) is 11.2. The van der Waals surface area contributed by atoms with Crippen molar-refractivity contribution in [2.75, 3.05) is 18.5 Å². The molecular weight excluding hydrogens is 364 g/mol. The first-order valence-corrected chi connectivity index (χ1v) is 9.07. The highest BCUT2D eigenvalue weighted by Crippen LogP contribution is 2.33. The van der Waals surface area contributed by atoms with Crippen LogP contribution in [0.3, 0.4) is 0 Å². The highest BCUT2D eigenvalue weighted by atomic mass is 35.5. The predicted molar refractivity (Wildman–Crippen MR) is 107 cm³/mol. The standard InChI is InChI=1S/C20H19ClN4O2/c1-13-5-2-6-14(21)18(13)24-20-16-11-22-12-25(16)19-15(23-20)7-3-8-17(19)27-10-4-9-26/h2-3,5-8,11-12,26H,4,9-10H2,1H3,(H,23,24). The van der Waals surface area contributed by atoms with Gasteiger partial charge in [-0.2, -0.15) is 0 Å². The van der Waals surface area contributed by atoms with Gasteiger partial charge in [0.15, 0.2) is 5.82 Å². The summed E-state index contributed by atoms with van der Waals surface area (Å²) in [6.07, 6.45) is 4.07. The Hall–Kier alpha value is -2.83. The minimum absolute atomic E-state index is 0.0920. The molecule has 0 spiro atoms. The molecule has 0 atom stereocenters. The summed E-state index contributed by atoms with van der Waals surface area (Å²) in [5.41, 5.74) is 4.28. The number of hydrogen-bond acceptors (Lipinski definition) is 5. The van der Waals surface area contributed by atoms with Gasteiger partial charge in [0.25, 0.3) is 0 Å². The number of aliphatic hydroxyl groups excluding tert-OH is 1. The number of ether oxygens (including phenoxy) is 1. The van der Waals surface area contributed by atoms with Gasteiger partial charge in [0.05, 0.1) is 35.4 Å². The molecule has 0 radical (unpaired) electrons. The fourth-order valence-electron chi connectivity index (χ4n) is 3.03. The zero-order chi connectivity index (χ0) is 18.8. The molecule has 7 heteroatoms. The van der Waals surface area contributed by atoms with Crippen molar-refractivity contribution in [2.24, 2.45) is 0 Å². The Labute approximate surface area is 161 Å². The quantitative estimate of drug-likeness (QED) is 0.485. The molecule has 0 aliphatic heterocycles. The lowest BCUT2D eigenvalue weighted by Crippen LogP contribution is -2.04. The molecule has 0 amide bonds. The lowest BCUT2D eigenvalue weighted by Gasteiger charge is -2.15. The third kappa shape index (κ3) is 3.29. The molecule has 0 unspecified atom stereocenters. The van der Waals surface area contributed by atoms with Gasteiger partial charge in [-0.25, -0.2) is 9.97 Å². The molecule has 6 nitrogen and oxygen atoms in total. The molecule has 2 aromatic heterocycles. The molecule has 2 aromatic carbocycles. The summed E-state index contributed by atoms with van der Waals surface area (Å²) in [4.78, 5) is 9.07. The maximum atomic E-state index is 8.99. The minimum Gasteiger partial charge on any atom is -0.491 e. The number of aromatic nitrogens is 3. The first-order chi connectivity index (χ1) is 13.2. The molecule has 0 aliphatic rings. The third-order valence-corrected chi connectivity index (χ3v) is 4.67. The molecule has 27 heavy (non-hydrogen) atoms. The molecule has 0 saturated heterocycles. The number of anilines is 2. The Bertz CT molecular complexity index is 1090. The number of hydrogen-bond donors (Lipinski definition) is 2. The zero-order valence-electron chi connectivity index (χ0n) is 14.8. The van der Waals surface area contributed by atoms with Crippen molar-refractivity contribution in [1.29, 1.82) is 0 Å². The van der Waals surface area contributed by atoms with E-state index in [1.807, 2.05) is 47.7 Å². The Kier molecular flexibility index (Phi) is 4.83. The summed E-state index contributed by atoms with van der Waals surface area (Å²) in [5, 5.41) is 13.0.